The lowest BCUT2D eigenvalue weighted by molar-refractivity contribution is -0.142. The molecule has 0 spiro atoms. The number of benzene rings is 1. The summed E-state index contributed by atoms with van der Waals surface area (Å²) in [6.07, 6.45) is 6.63. The fourth-order valence-electron chi connectivity index (χ4n) is 6.90. The Morgan fingerprint density at radius 2 is 1.76 bits per heavy atom. The first kappa shape index (κ1) is 37.0. The van der Waals surface area contributed by atoms with Gasteiger partial charge in [0.15, 0.2) is 8.32 Å². The number of aldehydes is 1. The van der Waals surface area contributed by atoms with Gasteiger partial charge >= 0.3 is 0 Å². The van der Waals surface area contributed by atoms with Gasteiger partial charge in [-0.05, 0) is 74.7 Å². The van der Waals surface area contributed by atoms with E-state index in [1.165, 1.54) is 0 Å². The van der Waals surface area contributed by atoms with Crippen molar-refractivity contribution in [3.63, 3.8) is 0 Å². The normalized spacial score (nSPS) is 23.0. The Hall–Kier alpha value is -3.22. The van der Waals surface area contributed by atoms with Gasteiger partial charge in [0.1, 0.15) is 18.4 Å². The predicted octanol–water partition coefficient (Wildman–Crippen LogP) is 7.25. The average Bonchev–Trinajstić information content (AvgIpc) is 3.81. The van der Waals surface area contributed by atoms with E-state index in [1.807, 2.05) is 51.5 Å². The zero-order chi connectivity index (χ0) is 35.7. The van der Waals surface area contributed by atoms with Crippen molar-refractivity contribution < 1.29 is 18.8 Å². The molecule has 1 aromatic carbocycles. The maximum Gasteiger partial charge on any atom is 0.248 e. The van der Waals surface area contributed by atoms with Crippen molar-refractivity contribution in [1.82, 2.24) is 30.2 Å². The first-order chi connectivity index (χ1) is 23.1. The molecule has 49 heavy (non-hydrogen) atoms. The number of nitrogens with one attached hydrogen (secondary N) is 1. The molecule has 12 heteroatoms. The highest BCUT2D eigenvalue weighted by atomic mass is 32.1. The lowest BCUT2D eigenvalue weighted by Crippen LogP contribution is -2.49. The highest BCUT2D eigenvalue weighted by molar-refractivity contribution is 7.13. The minimum Gasteiger partial charge on any atom is -0.412 e. The zero-order valence-corrected chi connectivity index (χ0v) is 32.4. The van der Waals surface area contributed by atoms with Crippen molar-refractivity contribution in [2.24, 2.45) is 11.8 Å². The van der Waals surface area contributed by atoms with Gasteiger partial charge in [0.25, 0.3) is 0 Å². The van der Waals surface area contributed by atoms with Crippen LogP contribution in [0.5, 0.6) is 0 Å². The molecule has 4 atom stereocenters. The molecule has 2 unspecified atom stereocenters. The number of thiazole rings is 1. The maximum atomic E-state index is 14.6. The van der Waals surface area contributed by atoms with Crippen LogP contribution < -0.4 is 5.32 Å². The van der Waals surface area contributed by atoms with E-state index in [1.54, 1.807) is 20.9 Å². The van der Waals surface area contributed by atoms with Gasteiger partial charge in [-0.1, -0.05) is 64.1 Å². The van der Waals surface area contributed by atoms with Crippen LogP contribution in [0.4, 0.5) is 0 Å². The molecule has 3 heterocycles. The van der Waals surface area contributed by atoms with E-state index in [9.17, 15) is 14.4 Å². The number of aromatic nitrogens is 4. The second kappa shape index (κ2) is 14.9. The minimum absolute atomic E-state index is 0.0109. The highest BCUT2D eigenvalue weighted by Gasteiger charge is 2.47. The second-order valence-corrected chi connectivity index (χ2v) is 21.5. The largest absolute Gasteiger partial charge is 0.412 e. The lowest BCUT2D eigenvalue weighted by Gasteiger charge is -2.38. The quantitative estimate of drug-likeness (QED) is 0.165. The Bertz CT molecular complexity index is 1600. The van der Waals surface area contributed by atoms with Crippen molar-refractivity contribution in [2.75, 3.05) is 6.54 Å². The third-order valence-electron chi connectivity index (χ3n) is 11.0. The van der Waals surface area contributed by atoms with Gasteiger partial charge in [-0.15, -0.1) is 16.4 Å². The number of aryl methyl sites for hydroxylation is 1. The summed E-state index contributed by atoms with van der Waals surface area (Å²) in [7, 11) is -2.18. The van der Waals surface area contributed by atoms with Crippen LogP contribution in [-0.4, -0.2) is 70.0 Å². The van der Waals surface area contributed by atoms with Crippen molar-refractivity contribution in [3.8, 4) is 10.4 Å². The molecule has 1 saturated heterocycles. The molecule has 2 amide bonds. The molecule has 0 bridgehead atoms. The first-order valence-electron chi connectivity index (χ1n) is 17.8. The summed E-state index contributed by atoms with van der Waals surface area (Å²) < 4.78 is 8.51. The number of carbonyl (C=O) groups is 3. The van der Waals surface area contributed by atoms with Crippen molar-refractivity contribution in [3.05, 3.63) is 52.9 Å². The van der Waals surface area contributed by atoms with Gasteiger partial charge in [-0.2, -0.15) is 0 Å². The van der Waals surface area contributed by atoms with E-state index in [2.05, 4.69) is 66.6 Å². The Balaban J connectivity index is 1.36. The number of likely N-dealkylation sites (tertiary alicyclic amines) is 1. The van der Waals surface area contributed by atoms with Crippen LogP contribution in [0.15, 0.2) is 36.0 Å². The molecule has 0 radical (unpaired) electrons. The van der Waals surface area contributed by atoms with E-state index in [4.69, 9.17) is 4.43 Å². The van der Waals surface area contributed by atoms with Crippen molar-refractivity contribution >= 4 is 37.8 Å². The molecule has 1 aliphatic heterocycles. The SMILES string of the molecule is Cc1ncsc1-c1ccc([C@H](C)NC(=O)C2CC(O[Si](C)(C)C(C)(C)C)CN2C(=O)[C@H](C(C)C)n2cc(C3CCC(C=O)CC3)nn2)cc1. The van der Waals surface area contributed by atoms with E-state index in [0.29, 0.717) is 13.0 Å². The number of rotatable bonds is 11. The topological polar surface area (TPSA) is 119 Å². The van der Waals surface area contributed by atoms with Gasteiger partial charge in [-0.3, -0.25) is 9.59 Å². The van der Waals surface area contributed by atoms with E-state index < -0.39 is 20.4 Å². The van der Waals surface area contributed by atoms with Crippen LogP contribution in [0.2, 0.25) is 18.1 Å². The van der Waals surface area contributed by atoms with Crippen molar-refractivity contribution in [1.29, 1.82) is 0 Å². The van der Waals surface area contributed by atoms with E-state index >= 15 is 0 Å². The fraction of sp³-hybridized carbons (Fsp3) is 0.622. The summed E-state index contributed by atoms with van der Waals surface area (Å²) in [6, 6.07) is 6.68. The molecule has 10 nitrogen and oxygen atoms in total. The molecule has 5 rings (SSSR count). The summed E-state index contributed by atoms with van der Waals surface area (Å²) in [5.74, 6) is -0.0717. The zero-order valence-electron chi connectivity index (χ0n) is 30.6. The van der Waals surface area contributed by atoms with Crippen molar-refractivity contribution in [2.45, 2.75) is 129 Å². The molecule has 2 aliphatic rings. The molecular formula is C37H54N6O4SSi. The molecule has 266 valence electrons. The van der Waals surface area contributed by atoms with Gasteiger partial charge in [0.05, 0.1) is 33.9 Å². The van der Waals surface area contributed by atoms with Gasteiger partial charge < -0.3 is 19.4 Å². The number of carbonyl (C=O) groups excluding carboxylic acids is 3. The maximum absolute atomic E-state index is 14.6. The summed E-state index contributed by atoms with van der Waals surface area (Å²) in [6.45, 7) is 19.4. The van der Waals surface area contributed by atoms with Gasteiger partial charge in [0.2, 0.25) is 11.8 Å². The monoisotopic (exact) mass is 706 g/mol. The molecule has 1 aliphatic carbocycles. The Kier molecular flexibility index (Phi) is 11.3. The highest BCUT2D eigenvalue weighted by Crippen LogP contribution is 2.40. The summed E-state index contributed by atoms with van der Waals surface area (Å²) >= 11 is 1.62. The number of amides is 2. The third-order valence-corrected chi connectivity index (χ3v) is 16.5. The Morgan fingerprint density at radius 3 is 2.33 bits per heavy atom. The van der Waals surface area contributed by atoms with Crippen LogP contribution in [0.25, 0.3) is 10.4 Å². The predicted molar refractivity (Wildman–Crippen MR) is 196 cm³/mol. The summed E-state index contributed by atoms with van der Waals surface area (Å²) in [4.78, 5) is 47.2. The van der Waals surface area contributed by atoms with E-state index in [-0.39, 0.29) is 46.8 Å². The Morgan fingerprint density at radius 1 is 1.08 bits per heavy atom. The fourth-order valence-corrected chi connectivity index (χ4v) is 9.07. The molecule has 2 aromatic heterocycles. The van der Waals surface area contributed by atoms with Crippen LogP contribution >= 0.6 is 11.3 Å². The minimum atomic E-state index is -2.18. The average molecular weight is 707 g/mol. The lowest BCUT2D eigenvalue weighted by atomic mass is 9.81. The van der Waals surface area contributed by atoms with Crippen LogP contribution in [0, 0.1) is 18.8 Å². The van der Waals surface area contributed by atoms with Crippen LogP contribution in [-0.2, 0) is 18.8 Å². The molecule has 3 aromatic rings. The Labute approximate surface area is 296 Å². The second-order valence-electron chi connectivity index (χ2n) is 15.9. The molecule has 1 saturated carbocycles. The van der Waals surface area contributed by atoms with Gasteiger partial charge in [-0.25, -0.2) is 9.67 Å². The van der Waals surface area contributed by atoms with Gasteiger partial charge in [0, 0.05) is 31.0 Å². The first-order valence-corrected chi connectivity index (χ1v) is 21.5. The van der Waals surface area contributed by atoms with Crippen LogP contribution in [0.1, 0.15) is 109 Å². The molecule has 1 N–H and O–H groups in total. The number of hydrogen-bond acceptors (Lipinski definition) is 8. The summed E-state index contributed by atoms with van der Waals surface area (Å²) in [5.41, 5.74) is 5.81. The number of nitrogens with zero attached hydrogens (tertiary/aromatic N) is 5. The molecular weight excluding hydrogens is 653 g/mol. The molecule has 2 fully saturated rings. The summed E-state index contributed by atoms with van der Waals surface area (Å²) in [5, 5.41) is 12.2. The van der Waals surface area contributed by atoms with Crippen LogP contribution in [0.3, 0.4) is 0 Å². The van der Waals surface area contributed by atoms with E-state index in [0.717, 1.165) is 59.4 Å². The standard InChI is InChI=1S/C37H54N6O4SSi/c1-23(2)33(43-20-31(40-41-43)28-12-10-26(21-44)11-13-28)36(46)42-19-30(47-49(8,9)37(5,6)7)18-32(42)35(45)39-24(3)27-14-16-29(17-15-27)34-25(4)38-22-48-34/h14-17,20-24,26,28,30,32-33H,10-13,18-19H2,1-9H3,(H,39,45)/t24-,26?,28?,30?,32?,33-/m0/s1. The third kappa shape index (κ3) is 8.23. The smallest absolute Gasteiger partial charge is 0.248 e. The number of hydrogen-bond donors (Lipinski definition) is 1.